The van der Waals surface area contributed by atoms with Crippen LogP contribution in [0.15, 0.2) is 0 Å². The summed E-state index contributed by atoms with van der Waals surface area (Å²) in [6, 6.07) is -4.20. The summed E-state index contributed by atoms with van der Waals surface area (Å²) in [7, 11) is 0. The van der Waals surface area contributed by atoms with Gasteiger partial charge in [0, 0.05) is 12.8 Å². The van der Waals surface area contributed by atoms with Gasteiger partial charge in [-0.2, -0.15) is 0 Å². The molecule has 0 rings (SSSR count). The third-order valence-corrected chi connectivity index (χ3v) is 3.36. The minimum atomic E-state index is -1.52. The SMILES string of the molecule is C[C@@H](O)[C@H](NC(=O)[C@@H](N)CCC(=O)O)C(=O)N[C@@H](CCC(N)=O)C(=O)O. The van der Waals surface area contributed by atoms with E-state index in [4.69, 9.17) is 21.7 Å². The summed E-state index contributed by atoms with van der Waals surface area (Å²) in [6.45, 7) is 1.19. The van der Waals surface area contributed by atoms with E-state index in [9.17, 15) is 29.1 Å². The zero-order chi connectivity index (χ0) is 20.4. The Balaban J connectivity index is 4.92. The molecule has 0 saturated carbocycles. The van der Waals surface area contributed by atoms with Crippen LogP contribution >= 0.6 is 0 Å². The number of nitrogens with one attached hydrogen (secondary N) is 2. The number of carboxylic acids is 2. The van der Waals surface area contributed by atoms with Gasteiger partial charge in [0.15, 0.2) is 0 Å². The Labute approximate surface area is 148 Å². The van der Waals surface area contributed by atoms with Crippen LogP contribution in [0.1, 0.15) is 32.6 Å². The molecule has 0 unspecified atom stereocenters. The molecule has 26 heavy (non-hydrogen) atoms. The van der Waals surface area contributed by atoms with Gasteiger partial charge in [0.2, 0.25) is 17.7 Å². The van der Waals surface area contributed by atoms with Gasteiger partial charge >= 0.3 is 11.9 Å². The van der Waals surface area contributed by atoms with Crippen LogP contribution in [0.3, 0.4) is 0 Å². The third-order valence-electron chi connectivity index (χ3n) is 3.36. The van der Waals surface area contributed by atoms with E-state index in [1.165, 1.54) is 6.92 Å². The quantitative estimate of drug-likeness (QED) is 0.183. The molecule has 12 nitrogen and oxygen atoms in total. The number of rotatable bonds is 12. The van der Waals surface area contributed by atoms with Gasteiger partial charge in [0.25, 0.3) is 0 Å². The Kier molecular flexibility index (Phi) is 9.84. The summed E-state index contributed by atoms with van der Waals surface area (Å²) in [6.07, 6.45) is -2.51. The molecular formula is C14H24N4O8. The molecule has 0 aromatic heterocycles. The van der Waals surface area contributed by atoms with Crippen molar-refractivity contribution in [1.29, 1.82) is 0 Å². The summed E-state index contributed by atoms with van der Waals surface area (Å²) < 4.78 is 0. The topological polar surface area (TPSA) is 222 Å². The van der Waals surface area contributed by atoms with Crippen molar-refractivity contribution in [2.75, 3.05) is 0 Å². The van der Waals surface area contributed by atoms with Crippen molar-refractivity contribution in [2.24, 2.45) is 11.5 Å². The van der Waals surface area contributed by atoms with Crippen LogP contribution in [0.2, 0.25) is 0 Å². The second-order valence-corrected chi connectivity index (χ2v) is 5.67. The predicted octanol–water partition coefficient (Wildman–Crippen LogP) is -3.12. The highest BCUT2D eigenvalue weighted by atomic mass is 16.4. The van der Waals surface area contributed by atoms with Crippen LogP contribution in [0.4, 0.5) is 0 Å². The normalized spacial score (nSPS) is 15.2. The molecule has 3 amide bonds. The van der Waals surface area contributed by atoms with Crippen LogP contribution in [-0.4, -0.2) is 69.2 Å². The van der Waals surface area contributed by atoms with Gasteiger partial charge in [-0.1, -0.05) is 0 Å². The molecule has 0 aromatic rings. The standard InChI is InChI=1S/C14H24N4O8/c1-6(19)11(18-12(23)7(15)2-5-10(21)22)13(24)17-8(14(25)26)3-4-9(16)20/h6-8,11,19H,2-5,15H2,1H3,(H2,16,20)(H,17,24)(H,18,23)(H,21,22)(H,25,26)/t6-,7+,8+,11+/m1/s1. The first kappa shape index (κ1) is 23.3. The number of aliphatic hydroxyl groups excluding tert-OH is 1. The van der Waals surface area contributed by atoms with Gasteiger partial charge in [0.05, 0.1) is 12.1 Å². The Hall–Kier alpha value is -2.73. The summed E-state index contributed by atoms with van der Waals surface area (Å²) in [4.78, 5) is 56.4. The van der Waals surface area contributed by atoms with E-state index in [0.29, 0.717) is 0 Å². The van der Waals surface area contributed by atoms with Gasteiger partial charge in [-0.15, -0.1) is 0 Å². The van der Waals surface area contributed by atoms with Crippen molar-refractivity contribution in [3.8, 4) is 0 Å². The molecule has 0 aromatic carbocycles. The van der Waals surface area contributed by atoms with Crippen LogP contribution in [0, 0.1) is 0 Å². The highest BCUT2D eigenvalue weighted by Crippen LogP contribution is 2.02. The van der Waals surface area contributed by atoms with Crippen LogP contribution in [0.5, 0.6) is 0 Å². The Morgan fingerprint density at radius 3 is 1.96 bits per heavy atom. The average Bonchev–Trinajstić information content (AvgIpc) is 2.52. The third kappa shape index (κ3) is 8.94. The van der Waals surface area contributed by atoms with Gasteiger partial charge in [0.1, 0.15) is 12.1 Å². The van der Waals surface area contributed by atoms with E-state index in [1.807, 2.05) is 0 Å². The number of carboxylic acid groups (broad SMARTS) is 2. The number of amides is 3. The molecule has 4 atom stereocenters. The van der Waals surface area contributed by atoms with Crippen molar-refractivity contribution in [2.45, 2.75) is 56.8 Å². The van der Waals surface area contributed by atoms with Crippen molar-refractivity contribution in [3.05, 3.63) is 0 Å². The first-order valence-corrected chi connectivity index (χ1v) is 7.73. The maximum Gasteiger partial charge on any atom is 0.326 e. The summed E-state index contributed by atoms with van der Waals surface area (Å²) >= 11 is 0. The van der Waals surface area contributed by atoms with Crippen molar-refractivity contribution >= 4 is 29.7 Å². The van der Waals surface area contributed by atoms with Crippen molar-refractivity contribution in [3.63, 3.8) is 0 Å². The van der Waals surface area contributed by atoms with E-state index in [2.05, 4.69) is 10.6 Å². The second kappa shape index (κ2) is 11.0. The predicted molar refractivity (Wildman–Crippen MR) is 86.5 cm³/mol. The highest BCUT2D eigenvalue weighted by molar-refractivity contribution is 5.92. The van der Waals surface area contributed by atoms with Crippen molar-refractivity contribution in [1.82, 2.24) is 10.6 Å². The minimum absolute atomic E-state index is 0.189. The Morgan fingerprint density at radius 1 is 0.962 bits per heavy atom. The monoisotopic (exact) mass is 376 g/mol. The van der Waals surface area contributed by atoms with Crippen LogP contribution in [-0.2, 0) is 24.0 Å². The largest absolute Gasteiger partial charge is 0.481 e. The van der Waals surface area contributed by atoms with Gasteiger partial charge in [-0.05, 0) is 19.8 Å². The van der Waals surface area contributed by atoms with Crippen molar-refractivity contribution < 1.29 is 39.3 Å². The van der Waals surface area contributed by atoms with E-state index in [1.54, 1.807) is 0 Å². The molecule has 12 heteroatoms. The number of primary amides is 1. The smallest absolute Gasteiger partial charge is 0.326 e. The fourth-order valence-electron chi connectivity index (χ4n) is 1.88. The molecule has 0 saturated heterocycles. The zero-order valence-electron chi connectivity index (χ0n) is 14.2. The van der Waals surface area contributed by atoms with E-state index < -0.39 is 53.9 Å². The minimum Gasteiger partial charge on any atom is -0.481 e. The Bertz CT molecular complexity index is 551. The van der Waals surface area contributed by atoms with Gasteiger partial charge < -0.3 is 37.4 Å². The summed E-state index contributed by atoms with van der Waals surface area (Å²) in [5.74, 6) is -5.22. The van der Waals surface area contributed by atoms with Crippen LogP contribution < -0.4 is 22.1 Å². The molecule has 0 radical (unpaired) electrons. The first-order chi connectivity index (χ1) is 12.0. The molecule has 0 bridgehead atoms. The lowest BCUT2D eigenvalue weighted by atomic mass is 10.1. The number of hydrogen-bond donors (Lipinski definition) is 7. The molecule has 0 aliphatic carbocycles. The fraction of sp³-hybridized carbons (Fsp3) is 0.643. The molecule has 0 heterocycles. The molecule has 0 spiro atoms. The van der Waals surface area contributed by atoms with Gasteiger partial charge in [-0.3, -0.25) is 19.2 Å². The maximum absolute atomic E-state index is 12.2. The number of nitrogens with two attached hydrogens (primary N) is 2. The number of hydrogen-bond acceptors (Lipinski definition) is 7. The fourth-order valence-corrected chi connectivity index (χ4v) is 1.88. The van der Waals surface area contributed by atoms with E-state index in [0.717, 1.165) is 0 Å². The van der Waals surface area contributed by atoms with Gasteiger partial charge in [-0.25, -0.2) is 4.79 Å². The summed E-state index contributed by atoms with van der Waals surface area (Å²) in [5, 5.41) is 31.5. The van der Waals surface area contributed by atoms with E-state index >= 15 is 0 Å². The highest BCUT2D eigenvalue weighted by Gasteiger charge is 2.31. The average molecular weight is 376 g/mol. The second-order valence-electron chi connectivity index (χ2n) is 5.67. The first-order valence-electron chi connectivity index (χ1n) is 7.73. The number of aliphatic carboxylic acids is 2. The number of aliphatic hydroxyl groups is 1. The molecule has 0 fully saturated rings. The lowest BCUT2D eigenvalue weighted by molar-refractivity contribution is -0.143. The summed E-state index contributed by atoms with van der Waals surface area (Å²) in [5.41, 5.74) is 10.4. The molecule has 9 N–H and O–H groups in total. The lowest BCUT2D eigenvalue weighted by Crippen LogP contribution is -2.58. The Morgan fingerprint density at radius 2 is 1.54 bits per heavy atom. The number of carbonyl (C=O) groups is 5. The van der Waals surface area contributed by atoms with E-state index in [-0.39, 0.29) is 25.7 Å². The zero-order valence-corrected chi connectivity index (χ0v) is 14.2. The molecule has 0 aliphatic heterocycles. The van der Waals surface area contributed by atoms with Crippen LogP contribution in [0.25, 0.3) is 0 Å². The maximum atomic E-state index is 12.2. The molecule has 0 aliphatic rings. The lowest BCUT2D eigenvalue weighted by Gasteiger charge is -2.24. The number of carbonyl (C=O) groups excluding carboxylic acids is 3. The molecule has 148 valence electrons. The molecular weight excluding hydrogens is 352 g/mol.